The quantitative estimate of drug-likeness (QED) is 0.352. The number of hydrogen-bond acceptors (Lipinski definition) is 7. The Morgan fingerprint density at radius 3 is 2.53 bits per heavy atom. The molecule has 1 spiro atoms. The summed E-state index contributed by atoms with van der Waals surface area (Å²) in [7, 11) is 0. The average molecular weight is 600 g/mol. The zero-order chi connectivity index (χ0) is 29.9. The van der Waals surface area contributed by atoms with Crippen molar-refractivity contribution in [2.45, 2.75) is 38.5 Å². The summed E-state index contributed by atoms with van der Waals surface area (Å²) in [6.07, 6.45) is 4.76. The minimum absolute atomic E-state index is 0.0393. The average Bonchev–Trinajstić information content (AvgIpc) is 3.80. The Hall–Kier alpha value is -4.18. The van der Waals surface area contributed by atoms with Crippen molar-refractivity contribution in [2.24, 2.45) is 5.41 Å². The first-order valence-electron chi connectivity index (χ1n) is 14.7. The summed E-state index contributed by atoms with van der Waals surface area (Å²) in [6, 6.07) is 15.3. The largest absolute Gasteiger partial charge is 0.477 e. The van der Waals surface area contributed by atoms with E-state index in [-0.39, 0.29) is 28.3 Å². The van der Waals surface area contributed by atoms with Gasteiger partial charge in [0.15, 0.2) is 11.3 Å². The molecule has 1 aromatic carbocycles. The molecule has 0 saturated carbocycles. The van der Waals surface area contributed by atoms with Crippen LogP contribution < -0.4 is 9.80 Å². The molecule has 3 aromatic heterocycles. The van der Waals surface area contributed by atoms with Crippen LogP contribution in [0.5, 0.6) is 0 Å². The molecule has 1 N–H and O–H groups in total. The summed E-state index contributed by atoms with van der Waals surface area (Å²) in [5.74, 6) is -0.310. The molecule has 3 aliphatic rings. The number of carbonyl (C=O) groups excluding carboxylic acids is 1. The van der Waals surface area contributed by atoms with Crippen molar-refractivity contribution in [3.05, 3.63) is 82.4 Å². The Kier molecular flexibility index (Phi) is 6.57. The number of nitrogens with zero attached hydrogens (tertiary/aromatic N) is 7. The number of amides is 1. The molecule has 0 bridgehead atoms. The molecule has 11 heteroatoms. The third-order valence-corrected chi connectivity index (χ3v) is 9.93. The molecular formula is C32H34ClN7O3. The summed E-state index contributed by atoms with van der Waals surface area (Å²) < 4.78 is 1.74. The Bertz CT molecular complexity index is 1760. The molecule has 2 atom stereocenters. The number of aromatic carboxylic acids is 1. The van der Waals surface area contributed by atoms with Gasteiger partial charge < -0.3 is 19.8 Å². The molecule has 3 fully saturated rings. The summed E-state index contributed by atoms with van der Waals surface area (Å²) in [5.41, 5.74) is 3.81. The lowest BCUT2D eigenvalue weighted by molar-refractivity contribution is 0.0689. The van der Waals surface area contributed by atoms with Gasteiger partial charge in [0.2, 0.25) is 5.82 Å². The van der Waals surface area contributed by atoms with Crippen molar-refractivity contribution in [1.29, 1.82) is 0 Å². The van der Waals surface area contributed by atoms with Gasteiger partial charge in [-0.2, -0.15) is 0 Å². The molecule has 43 heavy (non-hydrogen) atoms. The van der Waals surface area contributed by atoms with Crippen LogP contribution in [0.1, 0.15) is 58.4 Å². The highest BCUT2D eigenvalue weighted by molar-refractivity contribution is 6.31. The molecule has 3 saturated heterocycles. The maximum absolute atomic E-state index is 13.6. The number of benzene rings is 1. The van der Waals surface area contributed by atoms with Crippen LogP contribution in [0.4, 0.5) is 11.5 Å². The van der Waals surface area contributed by atoms with Crippen LogP contribution in [0, 0.1) is 12.3 Å². The first-order valence-corrected chi connectivity index (χ1v) is 15.1. The van der Waals surface area contributed by atoms with Gasteiger partial charge in [0, 0.05) is 55.1 Å². The maximum atomic E-state index is 13.6. The number of aryl methyl sites for hydroxylation is 1. The predicted octanol–water partition coefficient (Wildman–Crippen LogP) is 4.69. The van der Waals surface area contributed by atoms with E-state index in [1.807, 2.05) is 42.3 Å². The Morgan fingerprint density at radius 2 is 1.72 bits per heavy atom. The number of halogens is 1. The van der Waals surface area contributed by atoms with Gasteiger partial charge in [0.25, 0.3) is 5.91 Å². The number of fused-ring (bicyclic) bond motifs is 1. The second-order valence-corrected chi connectivity index (χ2v) is 13.0. The van der Waals surface area contributed by atoms with Crippen LogP contribution >= 0.6 is 11.6 Å². The number of hydrogen-bond donors (Lipinski definition) is 1. The van der Waals surface area contributed by atoms with E-state index < -0.39 is 5.97 Å². The lowest BCUT2D eigenvalue weighted by Crippen LogP contribution is -2.34. The smallest absolute Gasteiger partial charge is 0.354 e. The predicted molar refractivity (Wildman–Crippen MR) is 164 cm³/mol. The standard InChI is InChI=1S/C32H34ClN7O3/c1-21-16-22(37-13-10-31(2,18-37)23-6-3-4-7-24(23)33)17-40-28(21)35-27(36-40)29(41)39-15-12-32(20-39)11-14-38(19-32)26-9-5-8-25(34-26)30(42)43/h3-9,16-17H,10-15,18-20H2,1-2H3,(H,42,43)/t31?,32-/m1/s1. The van der Waals surface area contributed by atoms with E-state index in [4.69, 9.17) is 11.6 Å². The van der Waals surface area contributed by atoms with Crippen molar-refractivity contribution in [1.82, 2.24) is 24.5 Å². The topological polar surface area (TPSA) is 107 Å². The third kappa shape index (κ3) is 4.87. The van der Waals surface area contributed by atoms with Crippen LogP contribution in [0.3, 0.4) is 0 Å². The van der Waals surface area contributed by atoms with Crippen molar-refractivity contribution in [3.8, 4) is 0 Å². The normalized spacial score (nSPS) is 23.7. The number of carboxylic acid groups (broad SMARTS) is 1. The molecule has 10 nitrogen and oxygen atoms in total. The molecule has 1 amide bonds. The van der Waals surface area contributed by atoms with Gasteiger partial charge >= 0.3 is 5.97 Å². The monoisotopic (exact) mass is 599 g/mol. The van der Waals surface area contributed by atoms with E-state index in [1.165, 1.54) is 11.6 Å². The van der Waals surface area contributed by atoms with Gasteiger partial charge in [-0.25, -0.2) is 19.3 Å². The molecule has 1 unspecified atom stereocenters. The Morgan fingerprint density at radius 1 is 0.930 bits per heavy atom. The Balaban J connectivity index is 1.06. The summed E-state index contributed by atoms with van der Waals surface area (Å²) >= 11 is 6.57. The summed E-state index contributed by atoms with van der Waals surface area (Å²) in [6.45, 7) is 8.79. The van der Waals surface area contributed by atoms with E-state index in [1.54, 1.807) is 10.6 Å². The SMILES string of the molecule is Cc1cc(N2CCC(C)(c3ccccc3Cl)C2)cn2nc(C(=O)N3CC[C@@]4(CCN(c5cccc(C(=O)O)n5)C4)C3)nc12. The number of anilines is 2. The van der Waals surface area contributed by atoms with Crippen molar-refractivity contribution in [2.75, 3.05) is 49.1 Å². The van der Waals surface area contributed by atoms with Gasteiger partial charge in [-0.1, -0.05) is 42.8 Å². The highest BCUT2D eigenvalue weighted by Gasteiger charge is 2.46. The van der Waals surface area contributed by atoms with E-state index in [0.717, 1.165) is 61.7 Å². The number of carboxylic acids is 1. The van der Waals surface area contributed by atoms with Crippen LogP contribution in [0.15, 0.2) is 54.7 Å². The lowest BCUT2D eigenvalue weighted by atomic mass is 9.82. The fraction of sp³-hybridized carbons (Fsp3) is 0.406. The summed E-state index contributed by atoms with van der Waals surface area (Å²) in [5, 5.41) is 14.8. The molecule has 222 valence electrons. The molecule has 0 radical (unpaired) electrons. The summed E-state index contributed by atoms with van der Waals surface area (Å²) in [4.78, 5) is 40.4. The van der Waals surface area contributed by atoms with Crippen molar-refractivity contribution >= 4 is 40.6 Å². The molecule has 6 heterocycles. The fourth-order valence-corrected chi connectivity index (χ4v) is 7.54. The molecule has 3 aliphatic heterocycles. The Labute approximate surface area is 254 Å². The molecule has 7 rings (SSSR count). The van der Waals surface area contributed by atoms with Crippen LogP contribution in [-0.4, -0.2) is 80.7 Å². The van der Waals surface area contributed by atoms with Gasteiger partial charge in [-0.15, -0.1) is 5.10 Å². The van der Waals surface area contributed by atoms with Crippen LogP contribution in [-0.2, 0) is 5.41 Å². The third-order valence-electron chi connectivity index (χ3n) is 9.60. The van der Waals surface area contributed by atoms with Gasteiger partial charge in [-0.3, -0.25) is 4.79 Å². The van der Waals surface area contributed by atoms with E-state index in [2.05, 4.69) is 43.9 Å². The number of pyridine rings is 2. The first kappa shape index (κ1) is 27.6. The first-order chi connectivity index (χ1) is 20.6. The van der Waals surface area contributed by atoms with E-state index in [0.29, 0.717) is 24.6 Å². The maximum Gasteiger partial charge on any atom is 0.354 e. The second kappa shape index (κ2) is 10.2. The minimum Gasteiger partial charge on any atom is -0.477 e. The van der Waals surface area contributed by atoms with Crippen molar-refractivity contribution < 1.29 is 14.7 Å². The minimum atomic E-state index is -1.04. The molecule has 0 aliphatic carbocycles. The van der Waals surface area contributed by atoms with Gasteiger partial charge in [0.1, 0.15) is 5.82 Å². The second-order valence-electron chi connectivity index (χ2n) is 12.6. The number of likely N-dealkylation sites (tertiary alicyclic amines) is 1. The van der Waals surface area contributed by atoms with E-state index >= 15 is 0 Å². The highest BCUT2D eigenvalue weighted by Crippen LogP contribution is 2.42. The van der Waals surface area contributed by atoms with E-state index in [9.17, 15) is 14.7 Å². The number of aromatic nitrogens is 4. The van der Waals surface area contributed by atoms with Crippen LogP contribution in [0.2, 0.25) is 5.02 Å². The number of carbonyl (C=O) groups is 2. The highest BCUT2D eigenvalue weighted by atomic mass is 35.5. The zero-order valence-electron chi connectivity index (χ0n) is 24.3. The number of rotatable bonds is 5. The fourth-order valence-electron chi connectivity index (χ4n) is 7.18. The zero-order valence-corrected chi connectivity index (χ0v) is 25.1. The molecule has 4 aromatic rings. The molecular weight excluding hydrogens is 566 g/mol. The van der Waals surface area contributed by atoms with Crippen molar-refractivity contribution in [3.63, 3.8) is 0 Å². The van der Waals surface area contributed by atoms with Gasteiger partial charge in [0.05, 0.1) is 11.9 Å². The van der Waals surface area contributed by atoms with Crippen LogP contribution in [0.25, 0.3) is 5.65 Å². The lowest BCUT2D eigenvalue weighted by Gasteiger charge is -2.27. The van der Waals surface area contributed by atoms with Gasteiger partial charge in [-0.05, 0) is 61.6 Å².